The molecule has 0 aliphatic carbocycles. The zero-order chi connectivity index (χ0) is 22.4. The molecule has 1 heterocycles. The molecule has 0 bridgehead atoms. The summed E-state index contributed by atoms with van der Waals surface area (Å²) in [7, 11) is -4.42. The molecule has 2 aromatic carbocycles. The number of nitro groups is 1. The van der Waals surface area contributed by atoms with Crippen LogP contribution in [0.5, 0.6) is 0 Å². The van der Waals surface area contributed by atoms with Gasteiger partial charge in [-0.25, -0.2) is 13.8 Å². The number of nitrogens with zero attached hydrogens (tertiary/aromatic N) is 3. The van der Waals surface area contributed by atoms with Gasteiger partial charge in [-0.05, 0) is 36.6 Å². The zero-order valence-corrected chi connectivity index (χ0v) is 18.0. The summed E-state index contributed by atoms with van der Waals surface area (Å²) in [6, 6.07) is 16.6. The van der Waals surface area contributed by atoms with E-state index in [1.54, 1.807) is 25.1 Å². The van der Waals surface area contributed by atoms with Gasteiger partial charge in [0.25, 0.3) is 21.6 Å². The van der Waals surface area contributed by atoms with Crippen LogP contribution in [0, 0.1) is 10.1 Å². The first-order chi connectivity index (χ1) is 14.8. The minimum atomic E-state index is -4.42. The first-order valence-corrected chi connectivity index (χ1v) is 11.3. The molecule has 0 saturated carbocycles. The van der Waals surface area contributed by atoms with Crippen molar-refractivity contribution in [1.82, 2.24) is 5.43 Å². The van der Waals surface area contributed by atoms with Crippen LogP contribution in [0.1, 0.15) is 11.8 Å². The number of thiophene rings is 1. The number of carbonyl (C=O) groups excluding carboxylic acids is 1. The Hall–Kier alpha value is -3.57. The van der Waals surface area contributed by atoms with E-state index in [1.165, 1.54) is 35.6 Å². The van der Waals surface area contributed by atoms with Gasteiger partial charge in [0.05, 0.1) is 16.3 Å². The second-order valence-electron chi connectivity index (χ2n) is 6.28. The highest BCUT2D eigenvalue weighted by Crippen LogP contribution is 2.29. The van der Waals surface area contributed by atoms with Gasteiger partial charge in [0, 0.05) is 10.9 Å². The number of sulfonamides is 1. The highest BCUT2D eigenvalue weighted by Gasteiger charge is 2.33. The molecule has 9 nitrogen and oxygen atoms in total. The predicted octanol–water partition coefficient (Wildman–Crippen LogP) is 3.39. The van der Waals surface area contributed by atoms with Crippen LogP contribution in [0.4, 0.5) is 11.4 Å². The zero-order valence-electron chi connectivity index (χ0n) is 16.3. The van der Waals surface area contributed by atoms with Gasteiger partial charge in [0.2, 0.25) is 0 Å². The Bertz CT molecular complexity index is 1210. The number of hydrogen-bond acceptors (Lipinski definition) is 7. The summed E-state index contributed by atoms with van der Waals surface area (Å²) < 4.78 is 27.5. The molecule has 0 aliphatic heterocycles. The van der Waals surface area contributed by atoms with Crippen LogP contribution in [0.3, 0.4) is 0 Å². The van der Waals surface area contributed by atoms with Crippen LogP contribution in [0.25, 0.3) is 0 Å². The summed E-state index contributed by atoms with van der Waals surface area (Å²) in [5, 5.41) is 17.2. The maximum Gasteiger partial charge on any atom is 0.289 e. The summed E-state index contributed by atoms with van der Waals surface area (Å²) >= 11 is 1.45. The molecule has 3 rings (SSSR count). The second-order valence-corrected chi connectivity index (χ2v) is 9.06. The van der Waals surface area contributed by atoms with Gasteiger partial charge in [-0.2, -0.15) is 5.10 Å². The minimum absolute atomic E-state index is 0.190. The van der Waals surface area contributed by atoms with Gasteiger partial charge >= 0.3 is 0 Å². The van der Waals surface area contributed by atoms with Gasteiger partial charge in [-0.15, -0.1) is 11.3 Å². The fourth-order valence-corrected chi connectivity index (χ4v) is 4.96. The molecule has 1 amide bonds. The smallest absolute Gasteiger partial charge is 0.271 e. The molecule has 1 aromatic heterocycles. The van der Waals surface area contributed by atoms with E-state index in [1.807, 2.05) is 17.5 Å². The Balaban J connectivity index is 1.94. The number of anilines is 1. The van der Waals surface area contributed by atoms with Crippen LogP contribution >= 0.6 is 11.3 Å². The number of benzene rings is 2. The van der Waals surface area contributed by atoms with E-state index < -0.39 is 38.0 Å². The van der Waals surface area contributed by atoms with Crippen molar-refractivity contribution >= 4 is 44.4 Å². The summed E-state index contributed by atoms with van der Waals surface area (Å²) in [6.07, 6.45) is 0. The lowest BCUT2D eigenvalue weighted by Crippen LogP contribution is -2.40. The monoisotopic (exact) mass is 458 g/mol. The molecule has 1 N–H and O–H groups in total. The number of carbonyl (C=O) groups is 1. The van der Waals surface area contributed by atoms with Crippen molar-refractivity contribution in [2.45, 2.75) is 11.8 Å². The van der Waals surface area contributed by atoms with Crippen molar-refractivity contribution in [3.05, 3.63) is 87.1 Å². The average Bonchev–Trinajstić information content (AvgIpc) is 3.31. The summed E-state index contributed by atoms with van der Waals surface area (Å²) in [5.74, 6) is -0.693. The van der Waals surface area contributed by atoms with E-state index in [4.69, 9.17) is 0 Å². The lowest BCUT2D eigenvalue weighted by atomic mass is 10.3. The third kappa shape index (κ3) is 5.13. The fraction of sp³-hybridized carbons (Fsp3) is 0.100. The Kier molecular flexibility index (Phi) is 6.78. The highest BCUT2D eigenvalue weighted by atomic mass is 32.2. The highest BCUT2D eigenvalue weighted by molar-refractivity contribution is 7.93. The summed E-state index contributed by atoms with van der Waals surface area (Å²) in [5.41, 5.74) is 2.53. The fourth-order valence-electron chi connectivity index (χ4n) is 2.71. The van der Waals surface area contributed by atoms with E-state index in [2.05, 4.69) is 10.5 Å². The number of hydrogen-bond donors (Lipinski definition) is 1. The van der Waals surface area contributed by atoms with Crippen LogP contribution in [-0.4, -0.2) is 31.5 Å². The molecule has 0 saturated heterocycles. The molecule has 0 fully saturated rings. The molecular formula is C20H18N4O5S2. The van der Waals surface area contributed by atoms with Gasteiger partial charge in [-0.3, -0.25) is 19.2 Å². The largest absolute Gasteiger partial charge is 0.289 e. The molecule has 0 atom stereocenters. The number of amides is 1. The third-order valence-corrected chi connectivity index (χ3v) is 6.99. The summed E-state index contributed by atoms with van der Waals surface area (Å²) in [6.45, 7) is 1.10. The van der Waals surface area contributed by atoms with Crippen LogP contribution < -0.4 is 9.73 Å². The average molecular weight is 459 g/mol. The van der Waals surface area contributed by atoms with Crippen molar-refractivity contribution in [1.29, 1.82) is 0 Å². The lowest BCUT2D eigenvalue weighted by molar-refractivity contribution is -0.387. The van der Waals surface area contributed by atoms with Crippen molar-refractivity contribution in [3.63, 3.8) is 0 Å². The second kappa shape index (κ2) is 9.49. The minimum Gasteiger partial charge on any atom is -0.271 e. The Labute approximate surface area is 182 Å². The van der Waals surface area contributed by atoms with Gasteiger partial charge in [0.15, 0.2) is 4.90 Å². The maximum atomic E-state index is 13.3. The third-order valence-electron chi connectivity index (χ3n) is 4.19. The number of para-hydroxylation sites is 2. The molecule has 160 valence electrons. The normalized spacial score (nSPS) is 11.7. The Morgan fingerprint density at radius 2 is 1.77 bits per heavy atom. The molecule has 31 heavy (non-hydrogen) atoms. The first kappa shape index (κ1) is 22.1. The number of hydrazone groups is 1. The number of nitro benzene ring substituents is 1. The van der Waals surface area contributed by atoms with Crippen molar-refractivity contribution in [3.8, 4) is 0 Å². The lowest BCUT2D eigenvalue weighted by Gasteiger charge is -2.23. The Morgan fingerprint density at radius 1 is 1.10 bits per heavy atom. The van der Waals surface area contributed by atoms with Crippen molar-refractivity contribution < 1.29 is 18.1 Å². The molecule has 0 unspecified atom stereocenters. The van der Waals surface area contributed by atoms with E-state index in [-0.39, 0.29) is 5.69 Å². The van der Waals surface area contributed by atoms with E-state index >= 15 is 0 Å². The molecule has 0 radical (unpaired) electrons. The molecular weight excluding hydrogens is 440 g/mol. The number of nitrogens with one attached hydrogen (secondary N) is 1. The molecule has 0 spiro atoms. The summed E-state index contributed by atoms with van der Waals surface area (Å²) in [4.78, 5) is 23.5. The van der Waals surface area contributed by atoms with Gasteiger partial charge in [0.1, 0.15) is 6.54 Å². The first-order valence-electron chi connectivity index (χ1n) is 8.99. The van der Waals surface area contributed by atoms with Crippen molar-refractivity contribution in [2.24, 2.45) is 5.10 Å². The maximum absolute atomic E-state index is 13.3. The van der Waals surface area contributed by atoms with E-state index in [0.717, 1.165) is 21.3 Å². The standard InChI is InChI=1S/C20H18N4O5S2/c1-15(18-11-7-13-30-18)21-22-20(25)14-23(16-8-3-2-4-9-16)31(28,29)19-12-6-5-10-17(19)24(26)27/h2-13H,14H2,1H3,(H,22,25). The molecule has 11 heteroatoms. The molecule has 3 aromatic rings. The van der Waals surface area contributed by atoms with Crippen LogP contribution in [0.15, 0.2) is 82.1 Å². The van der Waals surface area contributed by atoms with Gasteiger partial charge in [-0.1, -0.05) is 36.4 Å². The Morgan fingerprint density at radius 3 is 2.42 bits per heavy atom. The SMILES string of the molecule is CC(=NNC(=O)CN(c1ccccc1)S(=O)(=O)c1ccccc1[N+](=O)[O-])c1cccs1. The molecule has 0 aliphatic rings. The number of rotatable bonds is 8. The quantitative estimate of drug-likeness (QED) is 0.315. The van der Waals surface area contributed by atoms with Crippen molar-refractivity contribution in [2.75, 3.05) is 10.8 Å². The van der Waals surface area contributed by atoms with Crippen LogP contribution in [-0.2, 0) is 14.8 Å². The topological polar surface area (TPSA) is 122 Å². The van der Waals surface area contributed by atoms with E-state index in [9.17, 15) is 23.3 Å². The van der Waals surface area contributed by atoms with Gasteiger partial charge < -0.3 is 0 Å². The van der Waals surface area contributed by atoms with E-state index in [0.29, 0.717) is 5.71 Å². The predicted molar refractivity (Wildman–Crippen MR) is 119 cm³/mol. The van der Waals surface area contributed by atoms with Crippen LogP contribution in [0.2, 0.25) is 0 Å².